The first-order valence-corrected chi connectivity index (χ1v) is 8.34. The third kappa shape index (κ3) is 2.32. The molecule has 0 amide bonds. The van der Waals surface area contributed by atoms with Crippen molar-refractivity contribution >= 4 is 37.2 Å². The van der Waals surface area contributed by atoms with E-state index in [9.17, 15) is 8.42 Å². The fourth-order valence-corrected chi connectivity index (χ4v) is 3.03. The zero-order valence-electron chi connectivity index (χ0n) is 10.5. The molecular formula is C11H15N3O2S2. The van der Waals surface area contributed by atoms with Crippen LogP contribution in [0.15, 0.2) is 6.07 Å². The molecule has 0 spiro atoms. The molecule has 5 nitrogen and oxygen atoms in total. The molecular weight excluding hydrogens is 270 g/mol. The maximum atomic E-state index is 11.5. The number of hydrogen-bond donors (Lipinski definition) is 1. The molecule has 2 heterocycles. The largest absolute Gasteiger partial charge is 0.383 e. The van der Waals surface area contributed by atoms with Crippen LogP contribution in [0.3, 0.4) is 0 Å². The van der Waals surface area contributed by atoms with Crippen molar-refractivity contribution in [3.8, 4) is 0 Å². The van der Waals surface area contributed by atoms with Crippen LogP contribution >= 0.6 is 11.3 Å². The Hall–Kier alpha value is -1.21. The van der Waals surface area contributed by atoms with Crippen molar-refractivity contribution in [1.82, 2.24) is 9.97 Å². The number of rotatable bonds is 3. The molecule has 0 aliphatic heterocycles. The Morgan fingerprint density at radius 3 is 2.67 bits per heavy atom. The van der Waals surface area contributed by atoms with Gasteiger partial charge in [-0.05, 0) is 19.4 Å². The number of nitrogens with two attached hydrogens (primary N) is 1. The van der Waals surface area contributed by atoms with E-state index >= 15 is 0 Å². The molecule has 1 unspecified atom stereocenters. The minimum Gasteiger partial charge on any atom is -0.383 e. The number of anilines is 1. The Balaban J connectivity index is 2.62. The Morgan fingerprint density at radius 2 is 2.11 bits per heavy atom. The highest BCUT2D eigenvalue weighted by Gasteiger charge is 2.22. The van der Waals surface area contributed by atoms with Crippen LogP contribution in [0.1, 0.15) is 29.8 Å². The smallest absolute Gasteiger partial charge is 0.157 e. The molecule has 0 radical (unpaired) electrons. The van der Waals surface area contributed by atoms with Gasteiger partial charge in [0.25, 0.3) is 0 Å². The van der Waals surface area contributed by atoms with Crippen LogP contribution in [-0.4, -0.2) is 24.6 Å². The Labute approximate surface area is 110 Å². The van der Waals surface area contributed by atoms with Gasteiger partial charge in [0.15, 0.2) is 9.84 Å². The molecule has 18 heavy (non-hydrogen) atoms. The van der Waals surface area contributed by atoms with Gasteiger partial charge in [0.05, 0.1) is 5.39 Å². The van der Waals surface area contributed by atoms with Crippen LogP contribution in [0.5, 0.6) is 0 Å². The fourth-order valence-electron chi connectivity index (χ4n) is 1.56. The Kier molecular flexibility index (Phi) is 3.29. The predicted molar refractivity (Wildman–Crippen MR) is 74.5 cm³/mol. The molecule has 0 saturated carbocycles. The number of thiophene rings is 1. The molecule has 0 saturated heterocycles. The highest BCUT2D eigenvalue weighted by molar-refractivity contribution is 7.90. The van der Waals surface area contributed by atoms with Crippen LogP contribution in [0.2, 0.25) is 0 Å². The van der Waals surface area contributed by atoms with E-state index < -0.39 is 15.1 Å². The van der Waals surface area contributed by atoms with E-state index in [1.165, 1.54) is 17.6 Å². The minimum absolute atomic E-state index is 0.270. The van der Waals surface area contributed by atoms with Gasteiger partial charge < -0.3 is 5.73 Å². The summed E-state index contributed by atoms with van der Waals surface area (Å²) in [6.45, 7) is 3.62. The molecule has 0 aliphatic rings. The van der Waals surface area contributed by atoms with Crippen molar-refractivity contribution in [2.75, 3.05) is 12.0 Å². The summed E-state index contributed by atoms with van der Waals surface area (Å²) >= 11 is 1.53. The second-order valence-corrected chi connectivity index (χ2v) is 7.71. The van der Waals surface area contributed by atoms with Gasteiger partial charge in [-0.3, -0.25) is 0 Å². The third-order valence-corrected chi connectivity index (χ3v) is 5.51. The van der Waals surface area contributed by atoms with Gasteiger partial charge in [-0.15, -0.1) is 11.3 Å². The van der Waals surface area contributed by atoms with Crippen molar-refractivity contribution in [1.29, 1.82) is 0 Å². The van der Waals surface area contributed by atoms with Crippen molar-refractivity contribution < 1.29 is 8.42 Å². The van der Waals surface area contributed by atoms with Gasteiger partial charge in [0.2, 0.25) is 0 Å². The molecule has 2 aromatic rings. The van der Waals surface area contributed by atoms with Crippen LogP contribution in [0.4, 0.5) is 5.82 Å². The number of nitrogens with zero attached hydrogens (tertiary/aromatic N) is 2. The van der Waals surface area contributed by atoms with Crippen molar-refractivity contribution in [2.24, 2.45) is 0 Å². The average Bonchev–Trinajstić information content (AvgIpc) is 2.70. The second kappa shape index (κ2) is 4.47. The third-order valence-electron chi connectivity index (χ3n) is 2.84. The molecule has 2 N–H and O–H groups in total. The van der Waals surface area contributed by atoms with Gasteiger partial charge in [-0.25, -0.2) is 18.4 Å². The maximum absolute atomic E-state index is 11.5. The van der Waals surface area contributed by atoms with E-state index in [1.54, 1.807) is 6.92 Å². The molecule has 0 aromatic carbocycles. The lowest BCUT2D eigenvalue weighted by molar-refractivity contribution is 0.589. The molecule has 1 atom stereocenters. The van der Waals surface area contributed by atoms with Crippen molar-refractivity contribution in [3.05, 3.63) is 16.8 Å². The summed E-state index contributed by atoms with van der Waals surface area (Å²) in [5, 5.41) is 0.0673. The lowest BCUT2D eigenvalue weighted by atomic mass is 10.3. The minimum atomic E-state index is -3.22. The normalized spacial score (nSPS) is 13.9. The predicted octanol–water partition coefficient (Wildman–Crippen LogP) is 1.94. The summed E-state index contributed by atoms with van der Waals surface area (Å²) in [6.07, 6.45) is 2.07. The quantitative estimate of drug-likeness (QED) is 0.931. The first-order valence-electron chi connectivity index (χ1n) is 5.57. The topological polar surface area (TPSA) is 85.9 Å². The lowest BCUT2D eigenvalue weighted by Gasteiger charge is -2.08. The summed E-state index contributed by atoms with van der Waals surface area (Å²) in [5.41, 5.74) is 5.87. The van der Waals surface area contributed by atoms with Gasteiger partial charge in [0.1, 0.15) is 21.7 Å². The van der Waals surface area contributed by atoms with Crippen molar-refractivity contribution in [2.45, 2.75) is 25.5 Å². The number of aromatic nitrogens is 2. The van der Waals surface area contributed by atoms with E-state index in [0.29, 0.717) is 5.82 Å². The van der Waals surface area contributed by atoms with Crippen LogP contribution < -0.4 is 5.73 Å². The van der Waals surface area contributed by atoms with Gasteiger partial charge in [-0.1, -0.05) is 6.92 Å². The van der Waals surface area contributed by atoms with E-state index in [1.807, 2.05) is 13.0 Å². The van der Waals surface area contributed by atoms with Gasteiger partial charge in [-0.2, -0.15) is 0 Å². The van der Waals surface area contributed by atoms with Crippen LogP contribution in [0.25, 0.3) is 10.2 Å². The number of nitrogen functional groups attached to an aromatic ring is 1. The Bertz CT molecular complexity index is 692. The lowest BCUT2D eigenvalue weighted by Crippen LogP contribution is -2.12. The van der Waals surface area contributed by atoms with Gasteiger partial charge >= 0.3 is 0 Å². The van der Waals surface area contributed by atoms with E-state index in [0.717, 1.165) is 21.5 Å². The number of fused-ring (bicyclic) bond motifs is 1. The van der Waals surface area contributed by atoms with Crippen molar-refractivity contribution in [3.63, 3.8) is 0 Å². The number of sulfone groups is 1. The summed E-state index contributed by atoms with van der Waals surface area (Å²) in [4.78, 5) is 10.3. The fraction of sp³-hybridized carbons (Fsp3) is 0.455. The van der Waals surface area contributed by atoms with Crippen LogP contribution in [0, 0.1) is 0 Å². The number of aryl methyl sites for hydroxylation is 1. The summed E-state index contributed by atoms with van der Waals surface area (Å²) in [6, 6.07) is 1.96. The highest BCUT2D eigenvalue weighted by atomic mass is 32.2. The second-order valence-electron chi connectivity index (χ2n) is 4.22. The molecule has 2 rings (SSSR count). The molecule has 0 fully saturated rings. The van der Waals surface area contributed by atoms with E-state index in [-0.39, 0.29) is 5.82 Å². The first-order chi connectivity index (χ1) is 8.32. The Morgan fingerprint density at radius 1 is 1.44 bits per heavy atom. The molecule has 0 bridgehead atoms. The van der Waals surface area contributed by atoms with E-state index in [4.69, 9.17) is 5.73 Å². The highest BCUT2D eigenvalue weighted by Crippen LogP contribution is 2.30. The monoisotopic (exact) mass is 285 g/mol. The van der Waals surface area contributed by atoms with E-state index in [2.05, 4.69) is 9.97 Å². The first kappa shape index (κ1) is 13.2. The SMILES string of the molecule is CCc1cc2c(N)nc(C(C)S(C)(=O)=O)nc2s1. The van der Waals surface area contributed by atoms with Crippen LogP contribution in [-0.2, 0) is 16.3 Å². The summed E-state index contributed by atoms with van der Waals surface area (Å²) in [7, 11) is -3.22. The molecule has 0 aliphatic carbocycles. The number of hydrogen-bond acceptors (Lipinski definition) is 6. The van der Waals surface area contributed by atoms with Gasteiger partial charge in [0, 0.05) is 11.1 Å². The molecule has 98 valence electrons. The average molecular weight is 285 g/mol. The zero-order chi connectivity index (χ0) is 13.5. The molecule has 2 aromatic heterocycles. The summed E-state index contributed by atoms with van der Waals surface area (Å²) in [5.74, 6) is 0.619. The molecule has 7 heteroatoms. The zero-order valence-corrected chi connectivity index (χ0v) is 12.1. The summed E-state index contributed by atoms with van der Waals surface area (Å²) < 4.78 is 23.0. The standard InChI is InChI=1S/C11H15N3O2S2/c1-4-7-5-8-9(12)13-10(14-11(8)17-7)6(2)18(3,15)16/h5-6H,4H2,1-3H3,(H2,12,13,14). The maximum Gasteiger partial charge on any atom is 0.157 e.